The van der Waals surface area contributed by atoms with Crippen LogP contribution in [-0.4, -0.2) is 27.1 Å². The van der Waals surface area contributed by atoms with Gasteiger partial charge in [-0.1, -0.05) is 35.5 Å². The first kappa shape index (κ1) is 19.0. The topological polar surface area (TPSA) is 76.0 Å². The van der Waals surface area contributed by atoms with Crippen LogP contribution in [0, 0.1) is 0 Å². The summed E-state index contributed by atoms with van der Waals surface area (Å²) in [7, 11) is 1.86. The third kappa shape index (κ3) is 5.12. The number of carbonyl (C=O) groups excluding carboxylic acids is 2. The van der Waals surface area contributed by atoms with E-state index in [1.165, 1.54) is 11.8 Å². The predicted molar refractivity (Wildman–Crippen MR) is 108 cm³/mol. The van der Waals surface area contributed by atoms with Gasteiger partial charge >= 0.3 is 0 Å². The molecule has 3 aromatic rings. The number of nitrogens with zero attached hydrogens (tertiary/aromatic N) is 2. The molecule has 1 aromatic heterocycles. The molecule has 6 nitrogen and oxygen atoms in total. The molecule has 0 aliphatic rings. The van der Waals surface area contributed by atoms with E-state index in [0.29, 0.717) is 22.0 Å². The largest absolute Gasteiger partial charge is 0.329 e. The Morgan fingerprint density at radius 2 is 1.85 bits per heavy atom. The van der Waals surface area contributed by atoms with Crippen LogP contribution in [-0.2, 0) is 11.8 Å². The Balaban J connectivity index is 1.66. The van der Waals surface area contributed by atoms with Gasteiger partial charge in [0.2, 0.25) is 5.91 Å². The maximum Gasteiger partial charge on any atom is 0.257 e. The Morgan fingerprint density at radius 1 is 1.11 bits per heavy atom. The second kappa shape index (κ2) is 8.75. The van der Waals surface area contributed by atoms with E-state index < -0.39 is 0 Å². The second-order valence-electron chi connectivity index (χ2n) is 5.66. The van der Waals surface area contributed by atoms with Crippen molar-refractivity contribution in [3.63, 3.8) is 0 Å². The third-order valence-electron chi connectivity index (χ3n) is 3.66. The molecule has 8 heteroatoms. The number of thioether (sulfide) groups is 1. The summed E-state index contributed by atoms with van der Waals surface area (Å²) in [4.78, 5) is 29.0. The SMILES string of the molecule is Cn1ccnc1SCC(=O)Nc1ccccc1C(=O)Nc1ccc(Cl)cc1. The molecule has 0 radical (unpaired) electrons. The number of benzene rings is 2. The Hall–Kier alpha value is -2.77. The lowest BCUT2D eigenvalue weighted by Crippen LogP contribution is -2.19. The molecule has 2 amide bonds. The molecule has 0 aliphatic carbocycles. The van der Waals surface area contributed by atoms with Gasteiger partial charge in [0.05, 0.1) is 17.0 Å². The zero-order valence-electron chi connectivity index (χ0n) is 14.5. The van der Waals surface area contributed by atoms with Crippen molar-refractivity contribution < 1.29 is 9.59 Å². The Bertz CT molecular complexity index is 956. The summed E-state index contributed by atoms with van der Waals surface area (Å²) in [6, 6.07) is 13.7. The number of aromatic nitrogens is 2. The number of amides is 2. The second-order valence-corrected chi connectivity index (χ2v) is 7.04. The van der Waals surface area contributed by atoms with Crippen molar-refractivity contribution in [2.45, 2.75) is 5.16 Å². The smallest absolute Gasteiger partial charge is 0.257 e. The van der Waals surface area contributed by atoms with Crippen LogP contribution in [0.15, 0.2) is 66.1 Å². The van der Waals surface area contributed by atoms with E-state index in [4.69, 9.17) is 11.6 Å². The number of nitrogens with one attached hydrogen (secondary N) is 2. The van der Waals surface area contributed by atoms with Crippen LogP contribution >= 0.6 is 23.4 Å². The van der Waals surface area contributed by atoms with Crippen molar-refractivity contribution in [1.82, 2.24) is 9.55 Å². The minimum absolute atomic E-state index is 0.192. The van der Waals surface area contributed by atoms with E-state index in [1.807, 2.05) is 17.8 Å². The molecule has 0 unspecified atom stereocenters. The highest BCUT2D eigenvalue weighted by Crippen LogP contribution is 2.20. The molecule has 3 rings (SSSR count). The minimum Gasteiger partial charge on any atom is -0.329 e. The summed E-state index contributed by atoms with van der Waals surface area (Å²) in [5.74, 6) is -0.336. The van der Waals surface area contributed by atoms with E-state index in [2.05, 4.69) is 15.6 Å². The molecule has 1 heterocycles. The molecule has 0 spiro atoms. The summed E-state index contributed by atoms with van der Waals surface area (Å²) in [6.45, 7) is 0. The molecule has 0 saturated carbocycles. The molecule has 0 bridgehead atoms. The molecular weight excluding hydrogens is 384 g/mol. The normalized spacial score (nSPS) is 10.4. The van der Waals surface area contributed by atoms with Gasteiger partial charge in [0.1, 0.15) is 0 Å². The van der Waals surface area contributed by atoms with Crippen molar-refractivity contribution >= 4 is 46.6 Å². The van der Waals surface area contributed by atoms with Gasteiger partial charge in [0, 0.05) is 30.2 Å². The lowest BCUT2D eigenvalue weighted by atomic mass is 10.1. The fraction of sp³-hybridized carbons (Fsp3) is 0.105. The maximum absolute atomic E-state index is 12.6. The quantitative estimate of drug-likeness (QED) is 0.612. The van der Waals surface area contributed by atoms with E-state index in [-0.39, 0.29) is 17.6 Å². The molecule has 2 N–H and O–H groups in total. The molecule has 0 atom stereocenters. The molecule has 0 fully saturated rings. The van der Waals surface area contributed by atoms with Crippen molar-refractivity contribution in [1.29, 1.82) is 0 Å². The highest BCUT2D eigenvalue weighted by atomic mass is 35.5. The average Bonchev–Trinajstić information content (AvgIpc) is 3.07. The van der Waals surface area contributed by atoms with Crippen LogP contribution in [0.5, 0.6) is 0 Å². The first-order chi connectivity index (χ1) is 13.0. The highest BCUT2D eigenvalue weighted by molar-refractivity contribution is 7.99. The molecule has 2 aromatic carbocycles. The van der Waals surface area contributed by atoms with Crippen molar-refractivity contribution in [3.05, 3.63) is 71.5 Å². The first-order valence-corrected chi connectivity index (χ1v) is 9.45. The Morgan fingerprint density at radius 3 is 2.56 bits per heavy atom. The van der Waals surface area contributed by atoms with Crippen LogP contribution in [0.4, 0.5) is 11.4 Å². The number of anilines is 2. The van der Waals surface area contributed by atoms with Crippen LogP contribution in [0.25, 0.3) is 0 Å². The Labute approximate surface area is 165 Å². The van der Waals surface area contributed by atoms with Crippen molar-refractivity contribution in [2.75, 3.05) is 16.4 Å². The van der Waals surface area contributed by atoms with E-state index in [0.717, 1.165) is 5.16 Å². The number of para-hydroxylation sites is 1. The van der Waals surface area contributed by atoms with Gasteiger partial charge in [0.25, 0.3) is 5.91 Å². The molecule has 0 aliphatic heterocycles. The zero-order valence-corrected chi connectivity index (χ0v) is 16.1. The number of carbonyl (C=O) groups is 2. The lowest BCUT2D eigenvalue weighted by Gasteiger charge is -2.11. The summed E-state index contributed by atoms with van der Waals surface area (Å²) in [5, 5.41) is 6.92. The van der Waals surface area contributed by atoms with Gasteiger partial charge in [-0.2, -0.15) is 0 Å². The fourth-order valence-electron chi connectivity index (χ4n) is 2.33. The molecule has 138 valence electrons. The van der Waals surface area contributed by atoms with Gasteiger partial charge < -0.3 is 15.2 Å². The molecule has 0 saturated heterocycles. The van der Waals surface area contributed by atoms with E-state index in [9.17, 15) is 9.59 Å². The van der Waals surface area contributed by atoms with Gasteiger partial charge in [-0.15, -0.1) is 0 Å². The van der Waals surface area contributed by atoms with Gasteiger partial charge in [0.15, 0.2) is 5.16 Å². The number of rotatable bonds is 6. The molecule has 27 heavy (non-hydrogen) atoms. The van der Waals surface area contributed by atoms with Crippen LogP contribution in [0.2, 0.25) is 5.02 Å². The predicted octanol–water partition coefficient (Wildman–Crippen LogP) is 4.06. The van der Waals surface area contributed by atoms with Crippen LogP contribution < -0.4 is 10.6 Å². The summed E-state index contributed by atoms with van der Waals surface area (Å²) in [6.07, 6.45) is 3.49. The maximum atomic E-state index is 12.6. The van der Waals surface area contributed by atoms with Gasteiger partial charge in [-0.3, -0.25) is 9.59 Å². The zero-order chi connectivity index (χ0) is 19.2. The Kier molecular flexibility index (Phi) is 6.16. The van der Waals surface area contributed by atoms with Crippen molar-refractivity contribution in [3.8, 4) is 0 Å². The molecular formula is C19H17ClN4O2S. The summed E-state index contributed by atoms with van der Waals surface area (Å²) < 4.78 is 1.84. The standard InChI is InChI=1S/C19H17ClN4O2S/c1-24-11-10-21-19(24)27-12-17(25)23-16-5-3-2-4-15(16)18(26)22-14-8-6-13(20)7-9-14/h2-11H,12H2,1H3,(H,22,26)(H,23,25). The summed E-state index contributed by atoms with van der Waals surface area (Å²) in [5.41, 5.74) is 1.45. The van der Waals surface area contributed by atoms with Crippen LogP contribution in [0.3, 0.4) is 0 Å². The number of imidazole rings is 1. The van der Waals surface area contributed by atoms with E-state index >= 15 is 0 Å². The van der Waals surface area contributed by atoms with Crippen molar-refractivity contribution in [2.24, 2.45) is 7.05 Å². The number of hydrogen-bond donors (Lipinski definition) is 2. The number of halogens is 1. The first-order valence-electron chi connectivity index (χ1n) is 8.09. The summed E-state index contributed by atoms with van der Waals surface area (Å²) >= 11 is 7.18. The number of aryl methyl sites for hydroxylation is 1. The lowest BCUT2D eigenvalue weighted by molar-refractivity contribution is -0.113. The average molecular weight is 401 g/mol. The monoisotopic (exact) mass is 400 g/mol. The van der Waals surface area contributed by atoms with Gasteiger partial charge in [-0.05, 0) is 36.4 Å². The van der Waals surface area contributed by atoms with Gasteiger partial charge in [-0.25, -0.2) is 4.98 Å². The highest BCUT2D eigenvalue weighted by Gasteiger charge is 2.14. The third-order valence-corrected chi connectivity index (χ3v) is 4.97. The van der Waals surface area contributed by atoms with E-state index in [1.54, 1.807) is 54.7 Å². The fourth-order valence-corrected chi connectivity index (χ4v) is 3.19. The number of hydrogen-bond acceptors (Lipinski definition) is 4. The minimum atomic E-state index is -0.315. The van der Waals surface area contributed by atoms with Crippen LogP contribution in [0.1, 0.15) is 10.4 Å².